The molecule has 1 aromatic heterocycles. The van der Waals surface area contributed by atoms with Crippen LogP contribution in [0.5, 0.6) is 0 Å². The number of amides is 5. The molecule has 1 aliphatic heterocycles. The van der Waals surface area contributed by atoms with E-state index in [4.69, 9.17) is 5.73 Å². The Morgan fingerprint density at radius 2 is 1.85 bits per heavy atom. The Morgan fingerprint density at radius 1 is 1.12 bits per heavy atom. The molecule has 0 bridgehead atoms. The lowest BCUT2D eigenvalue weighted by atomic mass is 9.90. The Morgan fingerprint density at radius 3 is 2.62 bits per heavy atom. The van der Waals surface area contributed by atoms with E-state index in [1.165, 1.54) is 11.3 Å². The number of thiophene rings is 1. The summed E-state index contributed by atoms with van der Waals surface area (Å²) in [6.45, 7) is 1.17. The average Bonchev–Trinajstić information content (AvgIpc) is 3.28. The lowest BCUT2D eigenvalue weighted by Crippen LogP contribution is -2.42. The highest BCUT2D eigenvalue weighted by molar-refractivity contribution is 7.17. The summed E-state index contributed by atoms with van der Waals surface area (Å²) in [4.78, 5) is 52.9. The number of fused-ring (bicyclic) bond motifs is 2. The first-order chi connectivity index (χ1) is 16.3. The summed E-state index contributed by atoms with van der Waals surface area (Å²) in [5.41, 5.74) is 6.18. The van der Waals surface area contributed by atoms with Gasteiger partial charge in [0, 0.05) is 4.88 Å². The van der Waals surface area contributed by atoms with Gasteiger partial charge in [-0.25, -0.2) is 4.79 Å². The molecule has 2 aliphatic rings. The van der Waals surface area contributed by atoms with Crippen LogP contribution in [0.2, 0.25) is 0 Å². The number of carbonyl (C=O) groups excluding carboxylic acids is 4. The minimum atomic E-state index is -1.29. The van der Waals surface area contributed by atoms with Crippen molar-refractivity contribution < 1.29 is 19.2 Å². The van der Waals surface area contributed by atoms with Crippen LogP contribution in [0.3, 0.4) is 0 Å². The van der Waals surface area contributed by atoms with E-state index in [1.807, 2.05) is 36.4 Å². The molecule has 2 heterocycles. The topological polar surface area (TPSA) is 122 Å². The first-order valence-electron chi connectivity index (χ1n) is 11.2. The highest BCUT2D eigenvalue weighted by atomic mass is 32.1. The number of hydrogen-bond donors (Lipinski definition) is 3. The quantitative estimate of drug-likeness (QED) is 0.489. The number of imide groups is 1. The third kappa shape index (κ3) is 3.62. The molecule has 1 saturated heterocycles. The number of aryl methyl sites for hydroxylation is 1. The summed E-state index contributed by atoms with van der Waals surface area (Å²) in [5, 5.41) is 7.80. The van der Waals surface area contributed by atoms with Gasteiger partial charge in [0.1, 0.15) is 17.1 Å². The van der Waals surface area contributed by atoms with Gasteiger partial charge in [0.25, 0.3) is 11.8 Å². The molecule has 4 N–H and O–H groups in total. The molecule has 8 nitrogen and oxygen atoms in total. The fourth-order valence-corrected chi connectivity index (χ4v) is 6.07. The molecule has 1 aliphatic carbocycles. The van der Waals surface area contributed by atoms with Gasteiger partial charge >= 0.3 is 6.03 Å². The van der Waals surface area contributed by atoms with Gasteiger partial charge in [-0.2, -0.15) is 0 Å². The molecular formula is C25H24N4O4S. The van der Waals surface area contributed by atoms with Crippen LogP contribution in [0.4, 0.5) is 9.80 Å². The molecule has 1 atom stereocenters. The molecule has 0 unspecified atom stereocenters. The highest BCUT2D eigenvalue weighted by Gasteiger charge is 2.49. The number of anilines is 1. The molecule has 5 rings (SSSR count). The number of primary amides is 1. The van der Waals surface area contributed by atoms with Gasteiger partial charge in [0.2, 0.25) is 5.91 Å². The predicted octanol–water partition coefficient (Wildman–Crippen LogP) is 3.28. The van der Waals surface area contributed by atoms with Crippen molar-refractivity contribution in [2.75, 3.05) is 11.9 Å². The SMILES string of the molecule is C[C@]1(c2ccc3ccccc3c2)NC(=O)N(CC(=O)Nc2sc3c(c2C(N)=O)CCCC3)C1=O. The molecule has 9 heteroatoms. The minimum absolute atomic E-state index is 0.339. The van der Waals surface area contributed by atoms with Crippen LogP contribution in [0.25, 0.3) is 10.8 Å². The molecule has 34 heavy (non-hydrogen) atoms. The van der Waals surface area contributed by atoms with E-state index in [2.05, 4.69) is 10.6 Å². The number of benzene rings is 2. The Kier molecular flexibility index (Phi) is 5.36. The monoisotopic (exact) mass is 476 g/mol. The van der Waals surface area contributed by atoms with Crippen LogP contribution < -0.4 is 16.4 Å². The van der Waals surface area contributed by atoms with Crippen molar-refractivity contribution in [3.63, 3.8) is 0 Å². The van der Waals surface area contributed by atoms with Crippen LogP contribution >= 0.6 is 11.3 Å². The van der Waals surface area contributed by atoms with Crippen LogP contribution in [-0.2, 0) is 28.0 Å². The molecule has 174 valence electrons. The lowest BCUT2D eigenvalue weighted by Gasteiger charge is -2.22. The molecule has 0 saturated carbocycles. The Hall–Kier alpha value is -3.72. The van der Waals surface area contributed by atoms with E-state index in [9.17, 15) is 19.2 Å². The first-order valence-corrected chi connectivity index (χ1v) is 12.0. The van der Waals surface area contributed by atoms with Gasteiger partial charge in [-0.05, 0) is 60.6 Å². The number of carbonyl (C=O) groups is 4. The summed E-state index contributed by atoms with van der Waals surface area (Å²) >= 11 is 1.34. The van der Waals surface area contributed by atoms with Crippen molar-refractivity contribution in [2.45, 2.75) is 38.1 Å². The molecule has 0 spiro atoms. The molecule has 2 aromatic carbocycles. The largest absolute Gasteiger partial charge is 0.365 e. The second-order valence-electron chi connectivity index (χ2n) is 8.84. The van der Waals surface area contributed by atoms with E-state index in [0.717, 1.165) is 51.8 Å². The number of nitrogens with two attached hydrogens (primary N) is 1. The van der Waals surface area contributed by atoms with Crippen molar-refractivity contribution >= 4 is 50.9 Å². The normalized spacial score (nSPS) is 19.7. The summed E-state index contributed by atoms with van der Waals surface area (Å²) in [7, 11) is 0. The fourth-order valence-electron chi connectivity index (χ4n) is 4.76. The average molecular weight is 477 g/mol. The summed E-state index contributed by atoms with van der Waals surface area (Å²) in [5.74, 6) is -1.66. The molecule has 5 amide bonds. The Balaban J connectivity index is 1.36. The van der Waals surface area contributed by atoms with Gasteiger partial charge in [-0.15, -0.1) is 11.3 Å². The first kappa shape index (κ1) is 22.1. The third-order valence-corrected chi connectivity index (χ3v) is 7.78. The Bertz CT molecular complexity index is 1360. The predicted molar refractivity (Wildman–Crippen MR) is 130 cm³/mol. The van der Waals surface area contributed by atoms with Crippen LogP contribution in [0.15, 0.2) is 42.5 Å². The van der Waals surface area contributed by atoms with E-state index >= 15 is 0 Å². The summed E-state index contributed by atoms with van der Waals surface area (Å²) < 4.78 is 0. The maximum atomic E-state index is 13.3. The third-order valence-electron chi connectivity index (χ3n) is 6.57. The molecule has 3 aromatic rings. The maximum Gasteiger partial charge on any atom is 0.325 e. The molecule has 1 fully saturated rings. The van der Waals surface area contributed by atoms with Gasteiger partial charge < -0.3 is 16.4 Å². The van der Waals surface area contributed by atoms with Crippen molar-refractivity contribution in [2.24, 2.45) is 5.73 Å². The van der Waals surface area contributed by atoms with Gasteiger partial charge in [-0.3, -0.25) is 19.3 Å². The van der Waals surface area contributed by atoms with Crippen LogP contribution in [0.1, 0.15) is 46.1 Å². The summed E-state index contributed by atoms with van der Waals surface area (Å²) in [6, 6.07) is 12.7. The van der Waals surface area contributed by atoms with E-state index in [-0.39, 0.29) is 0 Å². The van der Waals surface area contributed by atoms with Gasteiger partial charge in [-0.1, -0.05) is 36.4 Å². The molecular weight excluding hydrogens is 452 g/mol. The van der Waals surface area contributed by atoms with Crippen molar-refractivity contribution in [3.8, 4) is 0 Å². The number of urea groups is 1. The van der Waals surface area contributed by atoms with E-state index < -0.39 is 35.8 Å². The number of hydrogen-bond acceptors (Lipinski definition) is 5. The zero-order valence-electron chi connectivity index (χ0n) is 18.6. The smallest absolute Gasteiger partial charge is 0.325 e. The van der Waals surface area contributed by atoms with Crippen molar-refractivity contribution in [1.29, 1.82) is 0 Å². The zero-order valence-corrected chi connectivity index (χ0v) is 19.5. The molecule has 0 radical (unpaired) electrons. The van der Waals surface area contributed by atoms with Crippen LogP contribution in [-0.4, -0.2) is 35.2 Å². The van der Waals surface area contributed by atoms with Gasteiger partial charge in [0.05, 0.1) is 5.56 Å². The number of nitrogens with one attached hydrogen (secondary N) is 2. The second-order valence-corrected chi connectivity index (χ2v) is 9.94. The minimum Gasteiger partial charge on any atom is -0.365 e. The number of rotatable bonds is 5. The van der Waals surface area contributed by atoms with Crippen molar-refractivity contribution in [3.05, 3.63) is 64.0 Å². The Labute approximate surface area is 200 Å². The standard InChI is InChI=1S/C25H24N4O4S/c1-25(16-11-10-14-6-2-3-7-15(14)12-16)23(32)29(24(33)28-25)13-19(30)27-22-20(21(26)31)17-8-4-5-9-18(17)34-22/h2-3,6-7,10-12H,4-5,8-9,13H2,1H3,(H2,26,31)(H,27,30)(H,28,33)/t25-/m1/s1. The second kappa shape index (κ2) is 8.25. The van der Waals surface area contributed by atoms with Crippen molar-refractivity contribution in [1.82, 2.24) is 10.2 Å². The fraction of sp³-hybridized carbons (Fsp3) is 0.280. The van der Waals surface area contributed by atoms with E-state index in [1.54, 1.807) is 13.0 Å². The zero-order chi connectivity index (χ0) is 24.0. The van der Waals surface area contributed by atoms with Gasteiger partial charge in [0.15, 0.2) is 0 Å². The lowest BCUT2D eigenvalue weighted by molar-refractivity contribution is -0.133. The number of nitrogens with zero attached hydrogens (tertiary/aromatic N) is 1. The van der Waals surface area contributed by atoms with Crippen LogP contribution in [0, 0.1) is 0 Å². The maximum absolute atomic E-state index is 13.3. The van der Waals surface area contributed by atoms with E-state index in [0.29, 0.717) is 16.1 Å². The highest BCUT2D eigenvalue weighted by Crippen LogP contribution is 2.38. The summed E-state index contributed by atoms with van der Waals surface area (Å²) in [6.07, 6.45) is 3.58.